The summed E-state index contributed by atoms with van der Waals surface area (Å²) in [5, 5.41) is 17.4. The van der Waals surface area contributed by atoms with Gasteiger partial charge in [-0.3, -0.25) is 0 Å². The maximum Gasteiger partial charge on any atom is 0.338 e. The summed E-state index contributed by atoms with van der Waals surface area (Å²) in [6, 6.07) is 5.30. The number of benzene rings is 1. The Bertz CT molecular complexity index is 677. The molecule has 1 saturated carbocycles. The van der Waals surface area contributed by atoms with E-state index in [1.54, 1.807) is 19.2 Å². The molecule has 20 heavy (non-hydrogen) atoms. The average molecular weight is 275 g/mol. The minimum absolute atomic E-state index is 0.0470. The molecule has 0 aliphatic heterocycles. The Labute approximate surface area is 116 Å². The molecule has 6 heteroatoms. The van der Waals surface area contributed by atoms with Gasteiger partial charge in [-0.1, -0.05) is 25.1 Å². The van der Waals surface area contributed by atoms with Crippen LogP contribution in [0.25, 0.3) is 11.0 Å². The molecule has 1 aliphatic carbocycles. The number of rotatable bonds is 3. The predicted octanol–water partition coefficient (Wildman–Crippen LogP) is 2.12. The van der Waals surface area contributed by atoms with Crippen molar-refractivity contribution in [1.29, 1.82) is 0 Å². The first-order valence-electron chi connectivity index (χ1n) is 6.56. The van der Waals surface area contributed by atoms with Crippen LogP contribution in [0, 0.1) is 5.41 Å². The van der Waals surface area contributed by atoms with Crippen molar-refractivity contribution >= 4 is 17.0 Å². The van der Waals surface area contributed by atoms with E-state index >= 15 is 0 Å². The zero-order chi connectivity index (χ0) is 14.5. The van der Waals surface area contributed by atoms with Crippen LogP contribution in [-0.4, -0.2) is 39.3 Å². The van der Waals surface area contributed by atoms with Crippen molar-refractivity contribution in [3.63, 3.8) is 0 Å². The molecule has 6 nitrogen and oxygen atoms in total. The van der Waals surface area contributed by atoms with Crippen molar-refractivity contribution in [3.05, 3.63) is 23.8 Å². The van der Waals surface area contributed by atoms with Crippen LogP contribution >= 0.6 is 0 Å². The lowest BCUT2D eigenvalue weighted by Crippen LogP contribution is -2.51. The number of fused-ring (bicyclic) bond motifs is 1. The minimum atomic E-state index is -0.981. The van der Waals surface area contributed by atoms with Crippen molar-refractivity contribution in [1.82, 2.24) is 15.0 Å². The van der Waals surface area contributed by atoms with Crippen molar-refractivity contribution in [2.45, 2.75) is 32.4 Å². The Balaban J connectivity index is 2.07. The summed E-state index contributed by atoms with van der Waals surface area (Å²) in [6.07, 6.45) is 1.05. The van der Waals surface area contributed by atoms with Gasteiger partial charge in [0.25, 0.3) is 0 Å². The fourth-order valence-electron chi connectivity index (χ4n) is 3.04. The number of methoxy groups -OCH3 is 1. The van der Waals surface area contributed by atoms with Crippen LogP contribution in [0.2, 0.25) is 0 Å². The molecule has 1 aromatic carbocycles. The molecule has 2 unspecified atom stereocenters. The molecule has 1 aromatic heterocycles. The molecular weight excluding hydrogens is 258 g/mol. The minimum Gasteiger partial charge on any atom is -0.478 e. The molecule has 106 valence electrons. The van der Waals surface area contributed by atoms with Gasteiger partial charge >= 0.3 is 5.97 Å². The lowest BCUT2D eigenvalue weighted by molar-refractivity contribution is -0.115. The third-order valence-electron chi connectivity index (χ3n) is 4.44. The van der Waals surface area contributed by atoms with Gasteiger partial charge in [-0.2, -0.15) is 0 Å². The SMILES string of the molecule is COC1CC(n2nnc3c(C(=O)O)cccc32)C1(C)C. The third-order valence-corrected chi connectivity index (χ3v) is 4.44. The number of carbonyl (C=O) groups is 1. The van der Waals surface area contributed by atoms with Crippen molar-refractivity contribution in [2.75, 3.05) is 7.11 Å². The van der Waals surface area contributed by atoms with E-state index in [2.05, 4.69) is 24.2 Å². The Kier molecular flexibility index (Phi) is 2.79. The second-order valence-electron chi connectivity index (χ2n) is 5.81. The first-order valence-corrected chi connectivity index (χ1v) is 6.56. The van der Waals surface area contributed by atoms with Crippen molar-refractivity contribution < 1.29 is 14.6 Å². The highest BCUT2D eigenvalue weighted by Gasteiger charge is 2.50. The molecule has 3 rings (SSSR count). The molecule has 0 radical (unpaired) electrons. The van der Waals surface area contributed by atoms with Crippen molar-refractivity contribution in [3.8, 4) is 0 Å². The first-order chi connectivity index (χ1) is 9.46. The largest absolute Gasteiger partial charge is 0.478 e. The number of hydrogen-bond acceptors (Lipinski definition) is 4. The molecule has 0 amide bonds. The lowest BCUT2D eigenvalue weighted by Gasteiger charge is -2.50. The van der Waals surface area contributed by atoms with E-state index in [4.69, 9.17) is 4.74 Å². The number of carboxylic acids is 1. The molecule has 1 aliphatic rings. The molecule has 1 heterocycles. The fourth-order valence-corrected chi connectivity index (χ4v) is 3.04. The van der Waals surface area contributed by atoms with Crippen LogP contribution < -0.4 is 0 Å². The van der Waals surface area contributed by atoms with Crippen LogP contribution in [0.1, 0.15) is 36.7 Å². The number of hydrogen-bond donors (Lipinski definition) is 1. The molecule has 2 aromatic rings. The normalized spacial score (nSPS) is 24.6. The Morgan fingerprint density at radius 1 is 1.50 bits per heavy atom. The van der Waals surface area contributed by atoms with Crippen LogP contribution in [0.3, 0.4) is 0 Å². The number of nitrogens with zero attached hydrogens (tertiary/aromatic N) is 3. The van der Waals surface area contributed by atoms with Gasteiger partial charge in [0.05, 0.1) is 23.2 Å². The van der Waals surface area contributed by atoms with Gasteiger partial charge in [0.15, 0.2) is 0 Å². The van der Waals surface area contributed by atoms with E-state index in [0.29, 0.717) is 5.52 Å². The van der Waals surface area contributed by atoms with Gasteiger partial charge in [-0.15, -0.1) is 5.10 Å². The summed E-state index contributed by atoms with van der Waals surface area (Å²) >= 11 is 0. The van der Waals surface area contributed by atoms with E-state index in [9.17, 15) is 9.90 Å². The maximum atomic E-state index is 11.2. The van der Waals surface area contributed by atoms with Crippen molar-refractivity contribution in [2.24, 2.45) is 5.41 Å². The summed E-state index contributed by atoms with van der Waals surface area (Å²) in [6.45, 7) is 4.26. The third kappa shape index (κ3) is 1.64. The van der Waals surface area contributed by atoms with E-state index in [0.717, 1.165) is 11.9 Å². The second kappa shape index (κ2) is 4.28. The smallest absolute Gasteiger partial charge is 0.338 e. The summed E-state index contributed by atoms with van der Waals surface area (Å²) in [5.74, 6) is -0.981. The van der Waals surface area contributed by atoms with Gasteiger partial charge in [0, 0.05) is 12.5 Å². The topological polar surface area (TPSA) is 77.2 Å². The van der Waals surface area contributed by atoms with Gasteiger partial charge in [0.2, 0.25) is 0 Å². The van der Waals surface area contributed by atoms with E-state index in [1.807, 2.05) is 10.7 Å². The van der Waals surface area contributed by atoms with Crippen LogP contribution in [0.15, 0.2) is 18.2 Å². The highest BCUT2D eigenvalue weighted by Crippen LogP contribution is 2.51. The standard InChI is InChI=1S/C14H17N3O3/c1-14(2)10(7-11(14)20-3)17-9-6-4-5-8(13(18)19)12(9)15-16-17/h4-6,10-11H,7H2,1-3H3,(H,18,19). The van der Waals surface area contributed by atoms with Crippen LogP contribution in [0.4, 0.5) is 0 Å². The molecular formula is C14H17N3O3. The molecule has 1 N–H and O–H groups in total. The molecule has 0 bridgehead atoms. The number of aromatic nitrogens is 3. The van der Waals surface area contributed by atoms with E-state index < -0.39 is 5.97 Å². The fraction of sp³-hybridized carbons (Fsp3) is 0.500. The van der Waals surface area contributed by atoms with E-state index in [-0.39, 0.29) is 23.1 Å². The average Bonchev–Trinajstić information content (AvgIpc) is 2.81. The molecule has 0 spiro atoms. The highest BCUT2D eigenvalue weighted by molar-refractivity contribution is 6.00. The Morgan fingerprint density at radius 2 is 2.25 bits per heavy atom. The molecule has 1 fully saturated rings. The predicted molar refractivity (Wildman–Crippen MR) is 72.7 cm³/mol. The van der Waals surface area contributed by atoms with Crippen LogP contribution in [0.5, 0.6) is 0 Å². The Hall–Kier alpha value is -1.95. The Morgan fingerprint density at radius 3 is 2.85 bits per heavy atom. The lowest BCUT2D eigenvalue weighted by atomic mass is 9.64. The number of aromatic carboxylic acids is 1. The zero-order valence-electron chi connectivity index (χ0n) is 11.7. The van der Waals surface area contributed by atoms with Gasteiger partial charge in [0.1, 0.15) is 5.52 Å². The second-order valence-corrected chi connectivity index (χ2v) is 5.81. The highest BCUT2D eigenvalue weighted by atomic mass is 16.5. The molecule has 2 atom stereocenters. The summed E-state index contributed by atoms with van der Waals surface area (Å²) in [5.41, 5.74) is 1.34. The summed E-state index contributed by atoms with van der Waals surface area (Å²) in [7, 11) is 1.71. The molecule has 0 saturated heterocycles. The van der Waals surface area contributed by atoms with Gasteiger partial charge < -0.3 is 9.84 Å². The van der Waals surface area contributed by atoms with Crippen LogP contribution in [-0.2, 0) is 4.74 Å². The quantitative estimate of drug-likeness (QED) is 0.928. The summed E-state index contributed by atoms with van der Waals surface area (Å²) < 4.78 is 7.28. The number of carboxylic acid groups (broad SMARTS) is 1. The monoisotopic (exact) mass is 275 g/mol. The number of ether oxygens (including phenoxy) is 1. The summed E-state index contributed by atoms with van der Waals surface area (Å²) in [4.78, 5) is 11.2. The maximum absolute atomic E-state index is 11.2. The zero-order valence-corrected chi connectivity index (χ0v) is 11.7. The van der Waals surface area contributed by atoms with E-state index in [1.165, 1.54) is 0 Å². The van der Waals surface area contributed by atoms with Gasteiger partial charge in [-0.25, -0.2) is 9.48 Å². The van der Waals surface area contributed by atoms with Gasteiger partial charge in [-0.05, 0) is 18.6 Å². The first kappa shape index (κ1) is 13.1.